The summed E-state index contributed by atoms with van der Waals surface area (Å²) >= 11 is 4.78. The third-order valence-corrected chi connectivity index (χ3v) is 3.15. The Balaban J connectivity index is 2.48. The van der Waals surface area contributed by atoms with Crippen LogP contribution in [-0.2, 0) is 19.6 Å². The first-order valence-electron chi connectivity index (χ1n) is 5.72. The molecule has 0 aliphatic carbocycles. The third kappa shape index (κ3) is 4.93. The number of hydrogen-bond acceptors (Lipinski definition) is 6. The molecule has 1 rings (SSSR count). The van der Waals surface area contributed by atoms with Crippen molar-refractivity contribution in [1.82, 2.24) is 14.9 Å². The summed E-state index contributed by atoms with van der Waals surface area (Å²) < 4.78 is 29.0. The van der Waals surface area contributed by atoms with Crippen molar-refractivity contribution in [3.05, 3.63) is 0 Å². The summed E-state index contributed by atoms with van der Waals surface area (Å²) in [5.41, 5.74) is -0.663. The van der Waals surface area contributed by atoms with Gasteiger partial charge in [-0.05, 0) is 33.0 Å². The van der Waals surface area contributed by atoms with Crippen molar-refractivity contribution in [3.63, 3.8) is 0 Å². The average molecular weight is 323 g/mol. The molecule has 10 heteroatoms. The van der Waals surface area contributed by atoms with Gasteiger partial charge in [0.2, 0.25) is 10.0 Å². The Kier molecular flexibility index (Phi) is 4.59. The van der Waals surface area contributed by atoms with Gasteiger partial charge >= 0.3 is 6.09 Å². The minimum atomic E-state index is -3.53. The predicted octanol–water partition coefficient (Wildman–Crippen LogP) is -0.444. The summed E-state index contributed by atoms with van der Waals surface area (Å²) in [6, 6.07) is -0.760. The number of β-lactam (4-membered cyclic amide) rings is 1. The first kappa shape index (κ1) is 16.6. The van der Waals surface area contributed by atoms with Crippen LogP contribution in [0, 0.1) is 0 Å². The van der Waals surface area contributed by atoms with Crippen molar-refractivity contribution in [2.45, 2.75) is 32.4 Å². The number of amides is 2. The summed E-state index contributed by atoms with van der Waals surface area (Å²) in [4.78, 5) is 24.2. The van der Waals surface area contributed by atoms with Gasteiger partial charge in [-0.2, -0.15) is 0 Å². The zero-order valence-electron chi connectivity index (χ0n) is 11.6. The second kappa shape index (κ2) is 5.52. The Morgan fingerprint density at radius 3 is 2.40 bits per heavy atom. The van der Waals surface area contributed by atoms with E-state index in [0.29, 0.717) is 0 Å². The second-order valence-corrected chi connectivity index (χ2v) is 7.46. The van der Waals surface area contributed by atoms with Gasteiger partial charge in [0.25, 0.3) is 5.91 Å². The predicted molar refractivity (Wildman–Crippen MR) is 75.4 cm³/mol. The quantitative estimate of drug-likeness (QED) is 0.527. The Morgan fingerprint density at radius 1 is 1.45 bits per heavy atom. The van der Waals surface area contributed by atoms with Crippen molar-refractivity contribution in [3.8, 4) is 0 Å². The van der Waals surface area contributed by atoms with Gasteiger partial charge in [0.15, 0.2) is 5.11 Å². The summed E-state index contributed by atoms with van der Waals surface area (Å²) in [6.45, 7) is 5.20. The highest BCUT2D eigenvalue weighted by molar-refractivity contribution is 7.91. The number of hydrogen-bond donors (Lipinski definition) is 2. The molecule has 1 heterocycles. The fraction of sp³-hybridized carbons (Fsp3) is 0.700. The number of carbonyl (C=O) groups excluding carboxylic acids is 2. The fourth-order valence-corrected chi connectivity index (χ4v) is 2.43. The van der Waals surface area contributed by atoms with Gasteiger partial charge in [-0.25, -0.2) is 13.2 Å². The van der Waals surface area contributed by atoms with Crippen molar-refractivity contribution >= 4 is 39.4 Å². The molecule has 2 amide bonds. The molecule has 0 bridgehead atoms. The average Bonchev–Trinajstić information content (AvgIpc) is 2.17. The summed E-state index contributed by atoms with van der Waals surface area (Å²) in [5.74, 6) is -0.489. The molecule has 0 spiro atoms. The van der Waals surface area contributed by atoms with E-state index in [9.17, 15) is 18.0 Å². The molecule has 114 valence electrons. The van der Waals surface area contributed by atoms with E-state index in [2.05, 4.69) is 5.32 Å². The minimum absolute atomic E-state index is 0.0967. The molecule has 1 fully saturated rings. The zero-order valence-corrected chi connectivity index (χ0v) is 13.2. The lowest BCUT2D eigenvalue weighted by molar-refractivity contribution is -0.137. The molecule has 1 atom stereocenters. The third-order valence-electron chi connectivity index (χ3n) is 2.14. The van der Waals surface area contributed by atoms with Gasteiger partial charge in [0.1, 0.15) is 11.6 Å². The highest BCUT2D eigenvalue weighted by Crippen LogP contribution is 2.13. The number of sulfonamides is 1. The number of carbonyl (C=O) groups is 2. The normalized spacial score (nSPS) is 19.1. The highest BCUT2D eigenvalue weighted by atomic mass is 32.2. The van der Waals surface area contributed by atoms with Gasteiger partial charge in [-0.1, -0.05) is 0 Å². The first-order chi connectivity index (χ1) is 8.89. The van der Waals surface area contributed by atoms with Crippen LogP contribution < -0.4 is 10.0 Å². The Labute approximate surface area is 122 Å². The van der Waals surface area contributed by atoms with E-state index in [-0.39, 0.29) is 11.7 Å². The minimum Gasteiger partial charge on any atom is -0.444 e. The maximum Gasteiger partial charge on any atom is 0.408 e. The van der Waals surface area contributed by atoms with E-state index in [1.165, 1.54) is 0 Å². The topological polar surface area (TPSA) is 105 Å². The van der Waals surface area contributed by atoms with Crippen LogP contribution in [0.4, 0.5) is 4.79 Å². The number of likely N-dealkylation sites (tertiary alicyclic amines) is 1. The fourth-order valence-electron chi connectivity index (χ4n) is 1.38. The molecule has 0 radical (unpaired) electrons. The van der Waals surface area contributed by atoms with Gasteiger partial charge in [0, 0.05) is 0 Å². The standard InChI is InChI=1S/C10H17N3O5S2/c1-10(2,3)18-9(15)11-6-5-13(7(6)14)8(19)12-20(4,16)17/h6H,5H2,1-4H3,(H,11,15)(H,12,19)/t6-/m0/s1. The number of ether oxygens (including phenoxy) is 1. The molecule has 1 aliphatic heterocycles. The molecule has 1 aliphatic rings. The molecule has 0 aromatic heterocycles. The molecular formula is C10H17N3O5S2. The molecule has 0 unspecified atom stereocenters. The summed E-state index contributed by atoms with van der Waals surface area (Å²) in [6.07, 6.45) is 0.220. The lowest BCUT2D eigenvalue weighted by atomic mass is 10.1. The second-order valence-electron chi connectivity index (χ2n) is 5.33. The van der Waals surface area contributed by atoms with Crippen LogP contribution >= 0.6 is 12.2 Å². The first-order valence-corrected chi connectivity index (χ1v) is 8.02. The molecule has 1 saturated heterocycles. The zero-order chi connectivity index (χ0) is 15.7. The molecule has 8 nitrogen and oxygen atoms in total. The van der Waals surface area contributed by atoms with E-state index in [1.807, 2.05) is 4.72 Å². The SMILES string of the molecule is CC(C)(C)OC(=O)N[C@H]1CN(C(=S)NS(C)(=O)=O)C1=O. The number of nitrogens with one attached hydrogen (secondary N) is 2. The van der Waals surface area contributed by atoms with Gasteiger partial charge < -0.3 is 10.1 Å². The summed E-state index contributed by atoms with van der Waals surface area (Å²) in [5, 5.41) is 2.17. The van der Waals surface area contributed by atoms with Crippen LogP contribution in [0.3, 0.4) is 0 Å². The number of nitrogens with zero attached hydrogens (tertiary/aromatic N) is 1. The molecular weight excluding hydrogens is 306 g/mol. The van der Waals surface area contributed by atoms with E-state index in [4.69, 9.17) is 17.0 Å². The van der Waals surface area contributed by atoms with Crippen molar-refractivity contribution < 1.29 is 22.7 Å². The maximum absolute atomic E-state index is 11.7. The van der Waals surface area contributed by atoms with Gasteiger partial charge in [-0.3, -0.25) is 14.4 Å². The molecule has 0 saturated carbocycles. The van der Waals surface area contributed by atoms with E-state index in [0.717, 1.165) is 11.2 Å². The number of rotatable bonds is 2. The monoisotopic (exact) mass is 323 g/mol. The molecule has 0 aromatic carbocycles. The lowest BCUT2D eigenvalue weighted by Gasteiger charge is -2.38. The molecule has 0 aromatic rings. The number of alkyl carbamates (subject to hydrolysis) is 1. The van der Waals surface area contributed by atoms with Gasteiger partial charge in [0.05, 0.1) is 12.8 Å². The van der Waals surface area contributed by atoms with E-state index >= 15 is 0 Å². The van der Waals surface area contributed by atoms with Crippen molar-refractivity contribution in [2.24, 2.45) is 0 Å². The summed E-state index contributed by atoms with van der Waals surface area (Å²) in [7, 11) is -3.53. The van der Waals surface area contributed by atoms with Crippen LogP contribution in [-0.4, -0.2) is 54.9 Å². The molecule has 2 N–H and O–H groups in total. The molecule has 20 heavy (non-hydrogen) atoms. The van der Waals surface area contributed by atoms with Crippen LogP contribution in [0.5, 0.6) is 0 Å². The number of thiocarbonyl (C=S) groups is 1. The smallest absolute Gasteiger partial charge is 0.408 e. The van der Waals surface area contributed by atoms with Crippen LogP contribution in [0.1, 0.15) is 20.8 Å². The highest BCUT2D eigenvalue weighted by Gasteiger charge is 2.41. The van der Waals surface area contributed by atoms with Crippen molar-refractivity contribution in [1.29, 1.82) is 0 Å². The Hall–Kier alpha value is -1.42. The van der Waals surface area contributed by atoms with E-state index < -0.39 is 33.7 Å². The van der Waals surface area contributed by atoms with Gasteiger partial charge in [-0.15, -0.1) is 0 Å². The lowest BCUT2D eigenvalue weighted by Crippen LogP contribution is -2.67. The van der Waals surface area contributed by atoms with Crippen molar-refractivity contribution in [2.75, 3.05) is 12.8 Å². The van der Waals surface area contributed by atoms with Crippen LogP contribution in [0.25, 0.3) is 0 Å². The largest absolute Gasteiger partial charge is 0.444 e. The Bertz CT molecular complexity index is 538. The maximum atomic E-state index is 11.7. The van der Waals surface area contributed by atoms with Crippen LogP contribution in [0.2, 0.25) is 0 Å². The van der Waals surface area contributed by atoms with E-state index in [1.54, 1.807) is 20.8 Å². The van der Waals surface area contributed by atoms with Crippen LogP contribution in [0.15, 0.2) is 0 Å². The Morgan fingerprint density at radius 2 is 2.00 bits per heavy atom.